The van der Waals surface area contributed by atoms with Gasteiger partial charge in [0.05, 0.1) is 40.4 Å². The molecule has 0 spiro atoms. The summed E-state index contributed by atoms with van der Waals surface area (Å²) in [6.45, 7) is 11.1. The van der Waals surface area contributed by atoms with E-state index in [1.807, 2.05) is 78.4 Å². The molecular formula is C48H58BrN5O8S2. The van der Waals surface area contributed by atoms with Crippen molar-refractivity contribution in [2.45, 2.75) is 141 Å². The van der Waals surface area contributed by atoms with Crippen LogP contribution < -0.4 is 9.46 Å². The zero-order chi connectivity index (χ0) is 45.8. The molecular weight excluding hydrogens is 919 g/mol. The number of hydrogen-bond donors (Lipinski definition) is 1. The van der Waals surface area contributed by atoms with Crippen molar-refractivity contribution < 1.29 is 37.1 Å². The first kappa shape index (κ1) is 46.1. The molecule has 0 radical (unpaired) electrons. The summed E-state index contributed by atoms with van der Waals surface area (Å²) >= 11 is 5.03. The number of imidazole rings is 1. The Morgan fingerprint density at radius 1 is 1.05 bits per heavy atom. The average molecular weight is 977 g/mol. The standard InChI is InChI=1S/C48H58BrN5O8S2/c1-29(2)54-37-16-12-15-35(42-50-36(28-63-42)30-17-19-33(49)20-18-30)41(37)51-45(54)61-34-24-38-39(55)26-48(44(58)52-64(59,60)47(6)21-22-47)25-32(48)14-11-9-7-8-10-13-31(43(57)53(38)27-34)23-40(56)62-46(3,4)5/h11-12,14-20,28-29,31-32,34,38H,7-10,13,21-27H2,1-6H3,(H,52,58)/b14-11-/t31-,32-,34-,38+,48-/m1/s1. The summed E-state index contributed by atoms with van der Waals surface area (Å²) in [4.78, 5) is 68.7. The monoisotopic (exact) mass is 975 g/mol. The Hall–Kier alpha value is -4.41. The van der Waals surface area contributed by atoms with Gasteiger partial charge in [0.1, 0.15) is 22.2 Å². The topological polar surface area (TPSA) is 167 Å². The van der Waals surface area contributed by atoms with E-state index in [0.717, 1.165) is 51.1 Å². The van der Waals surface area contributed by atoms with Crippen LogP contribution in [-0.2, 0) is 33.9 Å². The van der Waals surface area contributed by atoms with Gasteiger partial charge in [-0.15, -0.1) is 11.3 Å². The van der Waals surface area contributed by atoms with Gasteiger partial charge in [0.25, 0.3) is 6.01 Å². The second-order valence-electron chi connectivity index (χ2n) is 19.6. The third kappa shape index (κ3) is 9.60. The van der Waals surface area contributed by atoms with Gasteiger partial charge in [-0.3, -0.25) is 28.5 Å². The molecule has 16 heteroatoms. The molecule has 8 rings (SSSR count). The van der Waals surface area contributed by atoms with Crippen molar-refractivity contribution in [2.24, 2.45) is 17.3 Å². The van der Waals surface area contributed by atoms with Crippen LogP contribution in [0.3, 0.4) is 0 Å². The van der Waals surface area contributed by atoms with Gasteiger partial charge in [0.15, 0.2) is 5.78 Å². The fourth-order valence-corrected chi connectivity index (χ4v) is 11.6. The maximum atomic E-state index is 14.9. The summed E-state index contributed by atoms with van der Waals surface area (Å²) in [5.74, 6) is -2.94. The van der Waals surface area contributed by atoms with E-state index < -0.39 is 55.7 Å². The van der Waals surface area contributed by atoms with Crippen molar-refractivity contribution in [2.75, 3.05) is 6.54 Å². The molecule has 0 unspecified atom stereocenters. The number of thiazole rings is 1. The number of nitrogens with zero attached hydrogens (tertiary/aromatic N) is 4. The number of halogens is 1. The first-order chi connectivity index (χ1) is 30.3. The summed E-state index contributed by atoms with van der Waals surface area (Å²) in [5, 5.41) is 2.82. The van der Waals surface area contributed by atoms with Crippen LogP contribution >= 0.6 is 27.3 Å². The molecule has 3 fully saturated rings. The molecule has 2 aromatic carbocycles. The lowest BCUT2D eigenvalue weighted by Gasteiger charge is -2.29. The predicted octanol–water partition coefficient (Wildman–Crippen LogP) is 9.35. The number of Topliss-reactive ketones (excluding diaryl/α,β-unsaturated/α-hetero) is 1. The first-order valence-corrected chi connectivity index (χ1v) is 25.6. The fraction of sp³-hybridized carbons (Fsp3) is 0.542. The van der Waals surface area contributed by atoms with Gasteiger partial charge in [-0.1, -0.05) is 59.1 Å². The molecule has 13 nitrogen and oxygen atoms in total. The number of rotatable bonds is 10. The van der Waals surface area contributed by atoms with Crippen LogP contribution in [0.25, 0.3) is 32.9 Å². The molecule has 64 heavy (non-hydrogen) atoms. The molecule has 1 saturated heterocycles. The Labute approximate surface area is 388 Å². The quantitative estimate of drug-likeness (QED) is 0.120. The average Bonchev–Trinajstić information content (AvgIpc) is 3.90. The summed E-state index contributed by atoms with van der Waals surface area (Å²) in [5.41, 5.74) is 2.22. The maximum absolute atomic E-state index is 14.9. The Balaban J connectivity index is 1.12. The highest BCUT2D eigenvalue weighted by Gasteiger charge is 2.62. The molecule has 4 heterocycles. The predicted molar refractivity (Wildman–Crippen MR) is 250 cm³/mol. The van der Waals surface area contributed by atoms with Crippen LogP contribution in [0, 0.1) is 17.3 Å². The van der Waals surface area contributed by atoms with Crippen molar-refractivity contribution in [3.05, 3.63) is 64.5 Å². The molecule has 2 aliphatic heterocycles. The second-order valence-corrected chi connectivity index (χ2v) is 23.6. The third-order valence-electron chi connectivity index (χ3n) is 13.1. The molecule has 342 valence electrons. The minimum Gasteiger partial charge on any atom is -0.460 e. The molecule has 2 aliphatic carbocycles. The summed E-state index contributed by atoms with van der Waals surface area (Å²) in [6.07, 6.45) is 7.75. The minimum absolute atomic E-state index is 0.0481. The number of amides is 2. The largest absolute Gasteiger partial charge is 0.460 e. The number of ether oxygens (including phenoxy) is 2. The van der Waals surface area contributed by atoms with E-state index in [1.54, 1.807) is 27.7 Å². The number of ketones is 1. The van der Waals surface area contributed by atoms with Crippen molar-refractivity contribution in [1.82, 2.24) is 24.2 Å². The van der Waals surface area contributed by atoms with E-state index in [9.17, 15) is 27.6 Å². The minimum atomic E-state index is -3.97. The summed E-state index contributed by atoms with van der Waals surface area (Å²) in [6, 6.07) is 13.2. The van der Waals surface area contributed by atoms with E-state index in [4.69, 9.17) is 19.4 Å². The van der Waals surface area contributed by atoms with Gasteiger partial charge in [-0.2, -0.15) is 4.98 Å². The zero-order valence-corrected chi connectivity index (χ0v) is 40.6. The van der Waals surface area contributed by atoms with Crippen molar-refractivity contribution in [3.63, 3.8) is 0 Å². The smallest absolute Gasteiger partial charge is 0.307 e. The molecule has 0 bridgehead atoms. The van der Waals surface area contributed by atoms with Crippen molar-refractivity contribution in [1.29, 1.82) is 0 Å². The van der Waals surface area contributed by atoms with Gasteiger partial charge in [0.2, 0.25) is 21.8 Å². The van der Waals surface area contributed by atoms with E-state index in [-0.39, 0.29) is 49.5 Å². The lowest BCUT2D eigenvalue weighted by atomic mass is 9.90. The lowest BCUT2D eigenvalue weighted by Crippen LogP contribution is -2.47. The molecule has 5 atom stereocenters. The normalized spacial score (nSPS) is 25.5. The Morgan fingerprint density at radius 3 is 2.50 bits per heavy atom. The Kier molecular flexibility index (Phi) is 12.8. The van der Waals surface area contributed by atoms with Crippen LogP contribution in [-0.4, -0.2) is 80.5 Å². The summed E-state index contributed by atoms with van der Waals surface area (Å²) < 4.78 is 43.5. The van der Waals surface area contributed by atoms with Gasteiger partial charge >= 0.3 is 5.97 Å². The molecule has 1 N–H and O–H groups in total. The zero-order valence-electron chi connectivity index (χ0n) is 37.4. The molecule has 2 aromatic heterocycles. The Morgan fingerprint density at radius 2 is 1.80 bits per heavy atom. The van der Waals surface area contributed by atoms with Gasteiger partial charge in [-0.05, 0) is 110 Å². The molecule has 4 aromatic rings. The van der Waals surface area contributed by atoms with Crippen molar-refractivity contribution in [3.8, 4) is 27.8 Å². The van der Waals surface area contributed by atoms with Crippen molar-refractivity contribution >= 4 is 71.9 Å². The lowest BCUT2D eigenvalue weighted by molar-refractivity contribution is -0.159. The number of para-hydroxylation sites is 1. The highest BCUT2D eigenvalue weighted by molar-refractivity contribution is 9.10. The van der Waals surface area contributed by atoms with Crippen LogP contribution in [0.1, 0.15) is 118 Å². The van der Waals surface area contributed by atoms with E-state index in [2.05, 4.69) is 20.7 Å². The Bertz CT molecular complexity index is 2590. The van der Waals surface area contributed by atoms with E-state index in [1.165, 1.54) is 16.2 Å². The summed E-state index contributed by atoms with van der Waals surface area (Å²) in [7, 11) is -3.97. The second kappa shape index (κ2) is 17.8. The molecule has 4 aliphatic rings. The number of benzene rings is 2. The number of allylic oxidation sites excluding steroid dienone is 2. The van der Waals surface area contributed by atoms with Crippen LogP contribution in [0.4, 0.5) is 0 Å². The number of carbonyl (C=O) groups is 4. The van der Waals surface area contributed by atoms with E-state index >= 15 is 0 Å². The first-order valence-electron chi connectivity index (χ1n) is 22.5. The number of fused-ring (bicyclic) bond motifs is 3. The van der Waals surface area contributed by atoms with Gasteiger partial charge < -0.3 is 14.4 Å². The number of sulfonamides is 1. The van der Waals surface area contributed by atoms with Crippen LogP contribution in [0.15, 0.2) is 64.5 Å². The van der Waals surface area contributed by atoms with Crippen LogP contribution in [0.2, 0.25) is 0 Å². The van der Waals surface area contributed by atoms with Gasteiger partial charge in [0, 0.05) is 45.8 Å². The highest BCUT2D eigenvalue weighted by atomic mass is 79.9. The SMILES string of the molecule is CC(C)n1c(O[C@@H]2C[C@H]3C(=O)C[C@]4(C(=O)NS(=O)(=O)C5(C)CC5)C[C@H]4/C=C\CCCCC[C@H](CC(=O)OC(C)(C)C)C(=O)N3C2)nc2c(-c3nc(-c4ccc(Br)cc4)cs3)cccc21. The highest BCUT2D eigenvalue weighted by Crippen LogP contribution is 2.58. The van der Waals surface area contributed by atoms with Gasteiger partial charge in [-0.25, -0.2) is 13.4 Å². The van der Waals surface area contributed by atoms with E-state index in [0.29, 0.717) is 43.6 Å². The fourth-order valence-electron chi connectivity index (χ4n) is 9.15. The number of hydrogen-bond acceptors (Lipinski definition) is 11. The number of aromatic nitrogens is 3. The number of esters is 1. The third-order valence-corrected chi connectivity index (χ3v) is 16.7. The number of nitrogens with one attached hydrogen (secondary N) is 1. The molecule has 2 amide bonds. The number of carbonyl (C=O) groups excluding carboxylic acids is 4. The van der Waals surface area contributed by atoms with Crippen LogP contribution in [0.5, 0.6) is 6.01 Å². The maximum Gasteiger partial charge on any atom is 0.307 e. The molecule has 2 saturated carbocycles.